The van der Waals surface area contributed by atoms with Crippen molar-refractivity contribution in [3.8, 4) is 5.75 Å². The van der Waals surface area contributed by atoms with Gasteiger partial charge >= 0.3 is 11.9 Å². The molecule has 5 nitrogen and oxygen atoms in total. The quantitative estimate of drug-likeness (QED) is 0.0593. The molecule has 2 unspecified atom stereocenters. The van der Waals surface area contributed by atoms with Crippen LogP contribution in [0.3, 0.4) is 0 Å². The molecule has 1 aliphatic carbocycles. The Hall–Kier alpha value is -4.03. The first kappa shape index (κ1) is 36.3. The molecule has 0 saturated heterocycles. The fraction of sp³-hybridized carbons (Fsp3) is 0.395. The Kier molecular flexibility index (Phi) is 14.2. The zero-order chi connectivity index (χ0) is 34.3. The van der Waals surface area contributed by atoms with Crippen LogP contribution in [0.2, 0.25) is 0 Å². The summed E-state index contributed by atoms with van der Waals surface area (Å²) in [4.78, 5) is 25.1. The second kappa shape index (κ2) is 19.2. The summed E-state index contributed by atoms with van der Waals surface area (Å²) in [5.41, 5.74) is 7.05. The van der Waals surface area contributed by atoms with Crippen molar-refractivity contribution in [2.75, 3.05) is 14.2 Å². The van der Waals surface area contributed by atoms with Crippen LogP contribution in [0.5, 0.6) is 5.75 Å². The molecule has 4 aromatic rings. The highest BCUT2D eigenvalue weighted by molar-refractivity contribution is 7.98. The number of unbranched alkanes of at least 4 members (excludes halogenated alkanes) is 3. The Morgan fingerprint density at radius 1 is 0.796 bits per heavy atom. The summed E-state index contributed by atoms with van der Waals surface area (Å²) in [6.45, 7) is 0.536. The van der Waals surface area contributed by atoms with Crippen LogP contribution in [0.25, 0.3) is 0 Å². The van der Waals surface area contributed by atoms with Crippen LogP contribution in [-0.4, -0.2) is 26.2 Å². The Morgan fingerprint density at radius 3 is 2.37 bits per heavy atom. The number of ether oxygens (including phenoxy) is 3. The summed E-state index contributed by atoms with van der Waals surface area (Å²) in [6.07, 6.45) is 11.1. The summed E-state index contributed by atoms with van der Waals surface area (Å²) in [6, 6.07) is 33.9. The molecule has 0 fully saturated rings. The van der Waals surface area contributed by atoms with E-state index in [1.54, 1.807) is 0 Å². The molecule has 0 aliphatic heterocycles. The third-order valence-corrected chi connectivity index (χ3v) is 10.8. The molecule has 0 N–H and O–H groups in total. The molecule has 0 saturated carbocycles. The van der Waals surface area contributed by atoms with Crippen LogP contribution >= 0.6 is 11.8 Å². The van der Waals surface area contributed by atoms with Crippen molar-refractivity contribution in [2.24, 2.45) is 5.92 Å². The predicted molar refractivity (Wildman–Crippen MR) is 198 cm³/mol. The molecule has 0 amide bonds. The van der Waals surface area contributed by atoms with Crippen molar-refractivity contribution in [1.29, 1.82) is 0 Å². The molecule has 5 rings (SSSR count). The normalized spacial score (nSPS) is 14.4. The van der Waals surface area contributed by atoms with Gasteiger partial charge in [-0.05, 0) is 115 Å². The molecule has 0 radical (unpaired) electrons. The maximum Gasteiger partial charge on any atom is 0.337 e. The predicted octanol–water partition coefficient (Wildman–Crippen LogP) is 10.5. The van der Waals surface area contributed by atoms with Crippen molar-refractivity contribution in [3.63, 3.8) is 0 Å². The highest BCUT2D eigenvalue weighted by Gasteiger charge is 2.28. The van der Waals surface area contributed by atoms with Crippen LogP contribution in [0, 0.1) is 5.92 Å². The molecule has 0 aromatic heterocycles. The first-order valence-corrected chi connectivity index (χ1v) is 18.8. The molecule has 258 valence electrons. The van der Waals surface area contributed by atoms with E-state index in [9.17, 15) is 9.59 Å². The van der Waals surface area contributed by atoms with Gasteiger partial charge in [-0.3, -0.25) is 4.79 Å². The zero-order valence-electron chi connectivity index (χ0n) is 29.0. The number of methoxy groups -OCH3 is 2. The first-order valence-electron chi connectivity index (χ1n) is 17.8. The number of hydrogen-bond donors (Lipinski definition) is 0. The van der Waals surface area contributed by atoms with Crippen molar-refractivity contribution in [1.82, 2.24) is 0 Å². The van der Waals surface area contributed by atoms with E-state index in [2.05, 4.69) is 91.0 Å². The van der Waals surface area contributed by atoms with Crippen LogP contribution in [0.1, 0.15) is 102 Å². The number of fused-ring (bicyclic) bond motifs is 1. The standard InChI is InChI=1S/C43H50O5S/c1-46-42(44)20-9-4-3-8-15-34(39-18-12-17-36-29-37(43(45)47-2)25-28-40(36)39)23-24-35-16-10-11-19-41(35)48-30-32-21-26-38(27-22-32)49-31-33-13-6-5-7-14-33/h5-7,10-11,13-14,16,19,21-22,25-29,34,39H,3-4,8-9,12,15,17-18,20,23-24,30-31H2,1-2H3. The number of esters is 2. The Labute approximate surface area is 296 Å². The highest BCUT2D eigenvalue weighted by atomic mass is 32.2. The van der Waals surface area contributed by atoms with Crippen molar-refractivity contribution < 1.29 is 23.8 Å². The van der Waals surface area contributed by atoms with Gasteiger partial charge in [0.05, 0.1) is 19.8 Å². The number of aryl methyl sites for hydroxylation is 2. The van der Waals surface area contributed by atoms with Gasteiger partial charge in [-0.15, -0.1) is 11.8 Å². The van der Waals surface area contributed by atoms with Crippen molar-refractivity contribution >= 4 is 23.7 Å². The van der Waals surface area contributed by atoms with Gasteiger partial charge in [0.15, 0.2) is 0 Å². The first-order chi connectivity index (χ1) is 24.0. The lowest BCUT2D eigenvalue weighted by molar-refractivity contribution is -0.140. The van der Waals surface area contributed by atoms with Crippen molar-refractivity contribution in [2.45, 2.75) is 93.8 Å². The largest absolute Gasteiger partial charge is 0.489 e. The summed E-state index contributed by atoms with van der Waals surface area (Å²) < 4.78 is 16.3. The Bertz CT molecular complexity index is 1620. The number of thioether (sulfide) groups is 1. The van der Waals surface area contributed by atoms with E-state index in [1.165, 1.54) is 41.4 Å². The number of rotatable bonds is 18. The second-order valence-corrected chi connectivity index (χ2v) is 14.1. The van der Waals surface area contributed by atoms with Crippen LogP contribution < -0.4 is 4.74 Å². The summed E-state index contributed by atoms with van der Waals surface area (Å²) in [7, 11) is 2.90. The molecule has 49 heavy (non-hydrogen) atoms. The topological polar surface area (TPSA) is 61.8 Å². The van der Waals surface area contributed by atoms with E-state index in [0.29, 0.717) is 30.4 Å². The van der Waals surface area contributed by atoms with E-state index in [0.717, 1.165) is 81.3 Å². The lowest BCUT2D eigenvalue weighted by Crippen LogP contribution is -2.20. The summed E-state index contributed by atoms with van der Waals surface area (Å²) in [5, 5.41) is 0. The molecule has 0 heterocycles. The smallest absolute Gasteiger partial charge is 0.337 e. The Morgan fingerprint density at radius 2 is 1.57 bits per heavy atom. The number of hydrogen-bond acceptors (Lipinski definition) is 6. The lowest BCUT2D eigenvalue weighted by Gasteiger charge is -2.33. The zero-order valence-corrected chi connectivity index (χ0v) is 29.9. The minimum atomic E-state index is -0.275. The van der Waals surface area contributed by atoms with Crippen LogP contribution in [0.15, 0.2) is 102 Å². The van der Waals surface area contributed by atoms with Crippen LogP contribution in [0.4, 0.5) is 0 Å². The third-order valence-electron chi connectivity index (χ3n) is 9.75. The maximum absolute atomic E-state index is 12.3. The second-order valence-electron chi connectivity index (χ2n) is 13.0. The monoisotopic (exact) mass is 678 g/mol. The van der Waals surface area contributed by atoms with Gasteiger partial charge in [0.25, 0.3) is 0 Å². The van der Waals surface area contributed by atoms with Gasteiger partial charge in [-0.2, -0.15) is 0 Å². The minimum absolute atomic E-state index is 0.126. The van der Waals surface area contributed by atoms with Gasteiger partial charge in [-0.1, -0.05) is 86.0 Å². The van der Waals surface area contributed by atoms with E-state index in [4.69, 9.17) is 14.2 Å². The fourth-order valence-corrected chi connectivity index (χ4v) is 7.89. The molecule has 6 heteroatoms. The van der Waals surface area contributed by atoms with Gasteiger partial charge in [0.1, 0.15) is 12.4 Å². The van der Waals surface area contributed by atoms with Gasteiger partial charge < -0.3 is 14.2 Å². The molecule has 0 bridgehead atoms. The minimum Gasteiger partial charge on any atom is -0.489 e. The maximum atomic E-state index is 12.3. The molecule has 0 spiro atoms. The lowest BCUT2D eigenvalue weighted by atomic mass is 9.72. The number of carbonyl (C=O) groups excluding carboxylic acids is 2. The van der Waals surface area contributed by atoms with Gasteiger partial charge in [0, 0.05) is 17.1 Å². The highest BCUT2D eigenvalue weighted by Crippen LogP contribution is 2.42. The summed E-state index contributed by atoms with van der Waals surface area (Å²) >= 11 is 1.85. The van der Waals surface area contributed by atoms with Crippen molar-refractivity contribution in [3.05, 3.63) is 130 Å². The molecular formula is C43H50O5S. The molecule has 1 aliphatic rings. The average Bonchev–Trinajstić information content (AvgIpc) is 3.16. The van der Waals surface area contributed by atoms with E-state index < -0.39 is 0 Å². The van der Waals surface area contributed by atoms with E-state index >= 15 is 0 Å². The number of para-hydroxylation sites is 1. The average molecular weight is 679 g/mol. The van der Waals surface area contributed by atoms with Crippen LogP contribution in [-0.2, 0) is 39.5 Å². The van der Waals surface area contributed by atoms with Gasteiger partial charge in [0.2, 0.25) is 0 Å². The van der Waals surface area contributed by atoms with E-state index in [-0.39, 0.29) is 11.9 Å². The SMILES string of the molecule is COC(=O)CCCCCCC(CCc1ccccc1OCc1ccc(SCc2ccccc2)cc1)C1CCCc2cc(C(=O)OC)ccc21. The van der Waals surface area contributed by atoms with Gasteiger partial charge in [-0.25, -0.2) is 4.79 Å². The Balaban J connectivity index is 1.22. The number of benzene rings is 4. The summed E-state index contributed by atoms with van der Waals surface area (Å²) in [5.74, 6) is 2.48. The molecule has 2 atom stereocenters. The fourth-order valence-electron chi connectivity index (χ4n) is 7.04. The molecular weight excluding hydrogens is 629 g/mol. The molecule has 4 aromatic carbocycles. The third kappa shape index (κ3) is 11.0. The van der Waals surface area contributed by atoms with E-state index in [1.807, 2.05) is 17.8 Å². The number of carbonyl (C=O) groups is 2.